The molecule has 21 heavy (non-hydrogen) atoms. The van der Waals surface area contributed by atoms with Crippen LogP contribution in [0, 0.1) is 0 Å². The lowest BCUT2D eigenvalue weighted by Gasteiger charge is -2.18. The summed E-state index contributed by atoms with van der Waals surface area (Å²) in [6.45, 7) is 4.45. The Balaban J connectivity index is 1.96. The third kappa shape index (κ3) is 2.69. The maximum atomic E-state index is 6.26. The minimum Gasteiger partial charge on any atom is -0.483 e. The number of pyridine rings is 1. The lowest BCUT2D eigenvalue weighted by molar-refractivity contribution is 0.135. The Morgan fingerprint density at radius 1 is 1.38 bits per heavy atom. The third-order valence-corrected chi connectivity index (χ3v) is 3.82. The summed E-state index contributed by atoms with van der Waals surface area (Å²) in [4.78, 5) is 4.18. The number of hydrogen-bond acceptors (Lipinski definition) is 4. The minimum atomic E-state index is -0.224. The highest BCUT2D eigenvalue weighted by molar-refractivity contribution is 6.32. The van der Waals surface area contributed by atoms with Gasteiger partial charge < -0.3 is 15.2 Å². The zero-order valence-electron chi connectivity index (χ0n) is 12.0. The van der Waals surface area contributed by atoms with Gasteiger partial charge in [0.2, 0.25) is 5.88 Å². The largest absolute Gasteiger partial charge is 0.483 e. The number of nitrogens with zero attached hydrogens (tertiary/aromatic N) is 1. The smallest absolute Gasteiger partial charge is 0.238 e. The number of benzene rings is 1. The molecule has 0 spiro atoms. The monoisotopic (exact) mass is 304 g/mol. The molecule has 110 valence electrons. The van der Waals surface area contributed by atoms with Gasteiger partial charge in [0.15, 0.2) is 11.5 Å². The van der Waals surface area contributed by atoms with E-state index < -0.39 is 0 Å². The second-order valence-electron chi connectivity index (χ2n) is 5.68. The SMILES string of the molecule is CC1(C)Cc2cccc(Oc3nccc(CN)c3Cl)c2O1. The van der Waals surface area contributed by atoms with Crippen LogP contribution in [0.1, 0.15) is 25.0 Å². The Bertz CT molecular complexity index is 686. The number of nitrogens with two attached hydrogens (primary N) is 1. The second kappa shape index (κ2) is 5.20. The van der Waals surface area contributed by atoms with Gasteiger partial charge in [0.1, 0.15) is 10.6 Å². The van der Waals surface area contributed by atoms with Gasteiger partial charge in [-0.2, -0.15) is 0 Å². The lowest BCUT2D eigenvalue weighted by Crippen LogP contribution is -2.24. The van der Waals surface area contributed by atoms with E-state index in [0.29, 0.717) is 23.2 Å². The van der Waals surface area contributed by atoms with Gasteiger partial charge in [-0.15, -0.1) is 0 Å². The van der Waals surface area contributed by atoms with Crippen LogP contribution >= 0.6 is 11.6 Å². The molecule has 0 radical (unpaired) electrons. The minimum absolute atomic E-state index is 0.224. The highest BCUT2D eigenvalue weighted by Crippen LogP contribution is 2.44. The Kier molecular flexibility index (Phi) is 3.51. The van der Waals surface area contributed by atoms with Crippen molar-refractivity contribution in [2.75, 3.05) is 0 Å². The predicted molar refractivity (Wildman–Crippen MR) is 82.1 cm³/mol. The molecule has 0 fully saturated rings. The molecule has 0 aliphatic carbocycles. The highest BCUT2D eigenvalue weighted by Gasteiger charge is 2.32. The lowest BCUT2D eigenvalue weighted by atomic mass is 10.0. The summed E-state index contributed by atoms with van der Waals surface area (Å²) in [7, 11) is 0. The number of para-hydroxylation sites is 1. The van der Waals surface area contributed by atoms with Crippen molar-refractivity contribution in [1.29, 1.82) is 0 Å². The molecule has 0 atom stereocenters. The summed E-state index contributed by atoms with van der Waals surface area (Å²) in [5, 5.41) is 0.440. The van der Waals surface area contributed by atoms with Crippen molar-refractivity contribution in [1.82, 2.24) is 4.98 Å². The molecule has 0 saturated heterocycles. The zero-order chi connectivity index (χ0) is 15.0. The first kappa shape index (κ1) is 14.2. The van der Waals surface area contributed by atoms with Gasteiger partial charge in [0.05, 0.1) is 0 Å². The van der Waals surface area contributed by atoms with E-state index in [1.807, 2.05) is 18.2 Å². The number of fused-ring (bicyclic) bond motifs is 1. The first-order valence-electron chi connectivity index (χ1n) is 6.82. The molecule has 2 N–H and O–H groups in total. The number of halogens is 1. The molecule has 4 nitrogen and oxygen atoms in total. The fraction of sp³-hybridized carbons (Fsp3) is 0.312. The maximum absolute atomic E-state index is 6.26. The van der Waals surface area contributed by atoms with E-state index in [4.69, 9.17) is 26.8 Å². The topological polar surface area (TPSA) is 57.4 Å². The fourth-order valence-electron chi connectivity index (χ4n) is 2.46. The molecule has 1 aromatic heterocycles. The normalized spacial score (nSPS) is 15.4. The van der Waals surface area contributed by atoms with Crippen molar-refractivity contribution < 1.29 is 9.47 Å². The van der Waals surface area contributed by atoms with E-state index in [9.17, 15) is 0 Å². The number of ether oxygens (including phenoxy) is 2. The van der Waals surface area contributed by atoms with Crippen molar-refractivity contribution in [3.05, 3.63) is 46.6 Å². The van der Waals surface area contributed by atoms with Crippen LogP contribution in [0.5, 0.6) is 17.4 Å². The van der Waals surface area contributed by atoms with E-state index in [1.54, 1.807) is 12.3 Å². The first-order valence-corrected chi connectivity index (χ1v) is 7.20. The molecular weight excluding hydrogens is 288 g/mol. The molecule has 0 unspecified atom stereocenters. The quantitative estimate of drug-likeness (QED) is 0.939. The number of aromatic nitrogens is 1. The van der Waals surface area contributed by atoms with Crippen LogP contribution in [-0.2, 0) is 13.0 Å². The molecule has 1 aliphatic rings. The summed E-state index contributed by atoms with van der Waals surface area (Å²) in [5.41, 5.74) is 7.35. The van der Waals surface area contributed by atoms with Crippen molar-refractivity contribution in [3.63, 3.8) is 0 Å². The predicted octanol–water partition coefficient (Wildman–Crippen LogP) is 3.70. The fourth-order valence-corrected chi connectivity index (χ4v) is 2.69. The van der Waals surface area contributed by atoms with E-state index in [-0.39, 0.29) is 5.60 Å². The van der Waals surface area contributed by atoms with Crippen molar-refractivity contribution in [2.45, 2.75) is 32.4 Å². The Morgan fingerprint density at radius 2 is 2.19 bits per heavy atom. The summed E-state index contributed by atoms with van der Waals surface area (Å²) < 4.78 is 11.8. The van der Waals surface area contributed by atoms with E-state index in [0.717, 1.165) is 23.3 Å². The Morgan fingerprint density at radius 3 is 2.95 bits per heavy atom. The molecule has 0 amide bonds. The van der Waals surface area contributed by atoms with Gasteiger partial charge in [0.25, 0.3) is 0 Å². The molecular formula is C16H17ClN2O2. The zero-order valence-corrected chi connectivity index (χ0v) is 12.8. The Hall–Kier alpha value is -1.78. The average Bonchev–Trinajstić information content (AvgIpc) is 2.76. The number of rotatable bonds is 3. The van der Waals surface area contributed by atoms with Crippen LogP contribution < -0.4 is 15.2 Å². The van der Waals surface area contributed by atoms with Crippen molar-refractivity contribution in [3.8, 4) is 17.4 Å². The summed E-state index contributed by atoms with van der Waals surface area (Å²) in [6.07, 6.45) is 2.49. The third-order valence-electron chi connectivity index (χ3n) is 3.42. The maximum Gasteiger partial charge on any atom is 0.238 e. The van der Waals surface area contributed by atoms with E-state index in [1.165, 1.54) is 0 Å². The van der Waals surface area contributed by atoms with Crippen LogP contribution in [-0.4, -0.2) is 10.6 Å². The van der Waals surface area contributed by atoms with E-state index >= 15 is 0 Å². The van der Waals surface area contributed by atoms with Crippen molar-refractivity contribution >= 4 is 11.6 Å². The van der Waals surface area contributed by atoms with E-state index in [2.05, 4.69) is 18.8 Å². The van der Waals surface area contributed by atoms with Crippen LogP contribution in [0.4, 0.5) is 0 Å². The molecule has 0 saturated carbocycles. The molecule has 2 heterocycles. The number of hydrogen-bond donors (Lipinski definition) is 1. The molecule has 0 bridgehead atoms. The van der Waals surface area contributed by atoms with Crippen molar-refractivity contribution in [2.24, 2.45) is 5.73 Å². The van der Waals surface area contributed by atoms with Crippen LogP contribution in [0.15, 0.2) is 30.5 Å². The highest BCUT2D eigenvalue weighted by atomic mass is 35.5. The standard InChI is InChI=1S/C16H17ClN2O2/c1-16(2)8-10-4-3-5-12(14(10)21-16)20-15-13(17)11(9-18)6-7-19-15/h3-7H,8-9,18H2,1-2H3. The van der Waals surface area contributed by atoms with Gasteiger partial charge in [-0.05, 0) is 31.5 Å². The van der Waals surface area contributed by atoms with Gasteiger partial charge >= 0.3 is 0 Å². The Labute approximate surface area is 128 Å². The molecule has 3 rings (SSSR count). The van der Waals surface area contributed by atoms with Crippen LogP contribution in [0.2, 0.25) is 5.02 Å². The van der Waals surface area contributed by atoms with Gasteiger partial charge in [0, 0.05) is 24.7 Å². The summed E-state index contributed by atoms with van der Waals surface area (Å²) >= 11 is 6.26. The van der Waals surface area contributed by atoms with Crippen LogP contribution in [0.3, 0.4) is 0 Å². The van der Waals surface area contributed by atoms with Gasteiger partial charge in [-0.1, -0.05) is 23.7 Å². The molecule has 1 aliphatic heterocycles. The summed E-state index contributed by atoms with van der Waals surface area (Å²) in [5.74, 6) is 1.74. The molecule has 5 heteroatoms. The molecule has 2 aromatic rings. The first-order chi connectivity index (χ1) is 10.00. The second-order valence-corrected chi connectivity index (χ2v) is 6.06. The van der Waals surface area contributed by atoms with Crippen LogP contribution in [0.25, 0.3) is 0 Å². The van der Waals surface area contributed by atoms with Gasteiger partial charge in [-0.25, -0.2) is 4.98 Å². The summed E-state index contributed by atoms with van der Waals surface area (Å²) in [6, 6.07) is 7.62. The molecule has 1 aromatic carbocycles. The average molecular weight is 305 g/mol. The van der Waals surface area contributed by atoms with Gasteiger partial charge in [-0.3, -0.25) is 0 Å².